The summed E-state index contributed by atoms with van der Waals surface area (Å²) in [5.74, 6) is 0.0103. The topological polar surface area (TPSA) is 39.1 Å². The van der Waals surface area contributed by atoms with E-state index in [9.17, 15) is 4.79 Å². The van der Waals surface area contributed by atoms with Crippen LogP contribution < -0.4 is 9.80 Å². The lowest BCUT2D eigenvalue weighted by atomic mass is 10.2. The predicted octanol–water partition coefficient (Wildman–Crippen LogP) is 7.10. The average molecular weight is 515 g/mol. The number of hydrogen-bond acceptors (Lipinski definition) is 6. The molecular weight excluding hydrogens is 484 g/mol. The van der Waals surface area contributed by atoms with Gasteiger partial charge in [-0.3, -0.25) is 9.69 Å². The molecule has 2 aliphatic rings. The van der Waals surface area contributed by atoms with Crippen LogP contribution in [0, 0.1) is 0 Å². The molecule has 7 heteroatoms. The minimum absolute atomic E-state index is 0.0103. The number of anilines is 2. The van der Waals surface area contributed by atoms with Crippen LogP contribution in [0.4, 0.5) is 17.1 Å². The Morgan fingerprint density at radius 1 is 0.806 bits per heavy atom. The predicted molar refractivity (Wildman–Crippen MR) is 154 cm³/mol. The van der Waals surface area contributed by atoms with Crippen molar-refractivity contribution in [3.63, 3.8) is 0 Å². The van der Waals surface area contributed by atoms with Gasteiger partial charge in [0.05, 0.1) is 17.9 Å². The number of hydrogen-bond donors (Lipinski definition) is 0. The van der Waals surface area contributed by atoms with Crippen LogP contribution >= 0.6 is 23.5 Å². The molecule has 5 rings (SSSR count). The van der Waals surface area contributed by atoms with Gasteiger partial charge in [0, 0.05) is 30.2 Å². The van der Waals surface area contributed by atoms with Crippen LogP contribution in [0.1, 0.15) is 26.3 Å². The van der Waals surface area contributed by atoms with E-state index in [1.165, 1.54) is 22.3 Å². The van der Waals surface area contributed by atoms with Crippen LogP contribution in [0.3, 0.4) is 0 Å². The highest BCUT2D eigenvalue weighted by Gasteiger charge is 2.39. The van der Waals surface area contributed by atoms with E-state index in [-0.39, 0.29) is 5.91 Å². The number of fused-ring (bicyclic) bond motifs is 1. The van der Waals surface area contributed by atoms with Gasteiger partial charge in [-0.2, -0.15) is 0 Å². The number of amidine groups is 1. The Morgan fingerprint density at radius 3 is 2.19 bits per heavy atom. The van der Waals surface area contributed by atoms with Crippen LogP contribution in [0.15, 0.2) is 98.7 Å². The Kier molecular flexibility index (Phi) is 7.39. The van der Waals surface area contributed by atoms with Gasteiger partial charge in [0.25, 0.3) is 5.91 Å². The van der Waals surface area contributed by atoms with Gasteiger partial charge in [0.15, 0.2) is 5.17 Å². The van der Waals surface area contributed by atoms with Crippen molar-refractivity contribution in [1.82, 2.24) is 4.90 Å². The summed E-state index contributed by atoms with van der Waals surface area (Å²) >= 11 is 3.15. The maximum Gasteiger partial charge on any atom is 0.269 e. The smallest absolute Gasteiger partial charge is 0.269 e. The number of thioether (sulfide) groups is 2. The van der Waals surface area contributed by atoms with Crippen LogP contribution in [-0.2, 0) is 11.3 Å². The molecule has 0 radical (unpaired) electrons. The molecule has 1 fully saturated rings. The highest BCUT2D eigenvalue weighted by Crippen LogP contribution is 2.50. The second-order valence-corrected chi connectivity index (χ2v) is 10.5. The lowest BCUT2D eigenvalue weighted by molar-refractivity contribution is -0.122. The van der Waals surface area contributed by atoms with Crippen molar-refractivity contribution < 1.29 is 4.79 Å². The second kappa shape index (κ2) is 10.8. The number of benzene rings is 3. The fourth-order valence-electron chi connectivity index (χ4n) is 4.48. The molecule has 3 aromatic carbocycles. The number of nitrogens with zero attached hydrogens (tertiary/aromatic N) is 4. The minimum Gasteiger partial charge on any atom is -0.372 e. The largest absolute Gasteiger partial charge is 0.372 e. The zero-order valence-corrected chi connectivity index (χ0v) is 22.5. The normalized spacial score (nSPS) is 18.3. The molecule has 0 spiro atoms. The molecule has 3 aromatic rings. The second-order valence-electron chi connectivity index (χ2n) is 8.51. The molecule has 5 nitrogen and oxygen atoms in total. The third-order valence-corrected chi connectivity index (χ3v) is 8.75. The van der Waals surface area contributed by atoms with Crippen LogP contribution in [0.2, 0.25) is 0 Å². The van der Waals surface area contributed by atoms with Gasteiger partial charge in [-0.15, -0.1) is 0 Å². The summed E-state index contributed by atoms with van der Waals surface area (Å²) in [6.07, 6.45) is 0. The Labute approximate surface area is 221 Å². The molecule has 184 valence electrons. The maximum atomic E-state index is 13.9. The number of carbonyl (C=O) groups excluding carboxylic acids is 1. The lowest BCUT2D eigenvalue weighted by Crippen LogP contribution is -2.29. The van der Waals surface area contributed by atoms with E-state index in [1.54, 1.807) is 11.8 Å². The van der Waals surface area contributed by atoms with Crippen molar-refractivity contribution >= 4 is 51.7 Å². The summed E-state index contributed by atoms with van der Waals surface area (Å²) in [5.41, 5.74) is 4.27. The van der Waals surface area contributed by atoms with Crippen molar-refractivity contribution in [2.45, 2.75) is 32.2 Å². The third-order valence-electron chi connectivity index (χ3n) is 6.37. The number of aliphatic imine (C=N–C) groups is 1. The Hall–Kier alpha value is -3.16. The van der Waals surface area contributed by atoms with E-state index in [4.69, 9.17) is 4.99 Å². The van der Waals surface area contributed by atoms with Gasteiger partial charge in [0.1, 0.15) is 9.93 Å². The van der Waals surface area contributed by atoms with Crippen LogP contribution in [0.25, 0.3) is 0 Å². The first-order valence-corrected chi connectivity index (χ1v) is 14.0. The van der Waals surface area contributed by atoms with E-state index in [0.29, 0.717) is 6.54 Å². The van der Waals surface area contributed by atoms with Gasteiger partial charge in [-0.1, -0.05) is 54.2 Å². The molecular formula is C29H30N4OS2. The zero-order chi connectivity index (χ0) is 25.1. The molecule has 0 unspecified atom stereocenters. The molecule has 0 aliphatic carbocycles. The van der Waals surface area contributed by atoms with Crippen molar-refractivity contribution in [2.24, 2.45) is 4.99 Å². The SMILES string of the molecule is CCN(CC)c1ccc(N=C2S/C(=C3\Sc4ccccc4N3CC)C(=O)N2Cc2ccccc2)cc1. The summed E-state index contributed by atoms with van der Waals surface area (Å²) < 4.78 is 0. The van der Waals surface area contributed by atoms with Gasteiger partial charge in [-0.05, 0) is 74.5 Å². The fraction of sp³-hybridized carbons (Fsp3) is 0.241. The van der Waals surface area contributed by atoms with Crippen LogP contribution in [0.5, 0.6) is 0 Å². The van der Waals surface area contributed by atoms with Crippen molar-refractivity contribution in [1.29, 1.82) is 0 Å². The first-order valence-electron chi connectivity index (χ1n) is 12.4. The summed E-state index contributed by atoms with van der Waals surface area (Å²) in [5, 5.41) is 1.71. The van der Waals surface area contributed by atoms with Crippen molar-refractivity contribution in [3.8, 4) is 0 Å². The zero-order valence-electron chi connectivity index (χ0n) is 20.8. The standard InChI is InChI=1S/C29H30N4OS2/c1-4-31(5-2)23-18-16-22(17-19-23)30-29-33(20-21-12-8-7-9-13-21)27(34)26(36-29)28-32(6-3)24-14-10-11-15-25(24)35-28/h7-19H,4-6,20H2,1-3H3/b28-26-,30-29?. The van der Waals surface area contributed by atoms with Gasteiger partial charge in [0.2, 0.25) is 0 Å². The first kappa shape index (κ1) is 24.5. The maximum absolute atomic E-state index is 13.9. The number of para-hydroxylation sites is 1. The number of rotatable bonds is 7. The summed E-state index contributed by atoms with van der Waals surface area (Å²) in [6, 6.07) is 26.8. The van der Waals surface area contributed by atoms with Gasteiger partial charge < -0.3 is 9.80 Å². The Bertz CT molecular complexity index is 1300. The summed E-state index contributed by atoms with van der Waals surface area (Å²) in [7, 11) is 0. The molecule has 36 heavy (non-hydrogen) atoms. The van der Waals surface area contributed by atoms with E-state index < -0.39 is 0 Å². The summed E-state index contributed by atoms with van der Waals surface area (Å²) in [6.45, 7) is 9.66. The molecule has 2 aliphatic heterocycles. The molecule has 2 heterocycles. The molecule has 1 amide bonds. The minimum atomic E-state index is 0.0103. The molecule has 0 atom stereocenters. The quantitative estimate of drug-likeness (QED) is 0.315. The lowest BCUT2D eigenvalue weighted by Gasteiger charge is -2.21. The molecule has 0 aromatic heterocycles. The van der Waals surface area contributed by atoms with Crippen LogP contribution in [-0.4, -0.2) is 35.6 Å². The van der Waals surface area contributed by atoms with Gasteiger partial charge >= 0.3 is 0 Å². The first-order chi connectivity index (χ1) is 17.6. The fourth-order valence-corrected chi connectivity index (χ4v) is 6.87. The highest BCUT2D eigenvalue weighted by molar-refractivity contribution is 8.19. The highest BCUT2D eigenvalue weighted by atomic mass is 32.2. The molecule has 1 saturated heterocycles. The molecule has 0 N–H and O–H groups in total. The number of amides is 1. The molecule has 0 saturated carbocycles. The van der Waals surface area contributed by atoms with Gasteiger partial charge in [-0.25, -0.2) is 4.99 Å². The Morgan fingerprint density at radius 2 is 1.50 bits per heavy atom. The molecule has 0 bridgehead atoms. The third kappa shape index (κ3) is 4.77. The van der Waals surface area contributed by atoms with E-state index in [1.807, 2.05) is 41.3 Å². The average Bonchev–Trinajstić information content (AvgIpc) is 3.43. The van der Waals surface area contributed by atoms with Crippen molar-refractivity contribution in [3.05, 3.63) is 94.4 Å². The summed E-state index contributed by atoms with van der Waals surface area (Å²) in [4.78, 5) is 27.1. The van der Waals surface area contributed by atoms with E-state index >= 15 is 0 Å². The van der Waals surface area contributed by atoms with E-state index in [2.05, 4.69) is 73.0 Å². The van der Waals surface area contributed by atoms with E-state index in [0.717, 1.165) is 51.7 Å². The monoisotopic (exact) mass is 514 g/mol. The Balaban J connectivity index is 1.52. The number of carbonyl (C=O) groups is 1. The van der Waals surface area contributed by atoms with Crippen molar-refractivity contribution in [2.75, 3.05) is 29.4 Å².